The molecule has 1 aliphatic rings. The highest BCUT2D eigenvalue weighted by Gasteiger charge is 2.48. The van der Waals surface area contributed by atoms with Crippen molar-refractivity contribution in [3.05, 3.63) is 99.8 Å². The van der Waals surface area contributed by atoms with E-state index < -0.39 is 29.5 Å². The van der Waals surface area contributed by atoms with Crippen molar-refractivity contribution < 1.29 is 28.6 Å². The first-order valence-corrected chi connectivity index (χ1v) is 11.8. The number of ether oxygens (including phenoxy) is 1. The summed E-state index contributed by atoms with van der Waals surface area (Å²) in [6.45, 7) is 0. The molecule has 5 rings (SSSR count). The smallest absolute Gasteiger partial charge is 0.337 e. The van der Waals surface area contributed by atoms with Gasteiger partial charge in [0.05, 0.1) is 34.5 Å². The number of hydrogen-bond donors (Lipinski definition) is 1. The maximum absolute atomic E-state index is 13.8. The lowest BCUT2D eigenvalue weighted by atomic mass is 9.95. The molecule has 36 heavy (non-hydrogen) atoms. The van der Waals surface area contributed by atoms with Crippen LogP contribution in [0.4, 0.5) is 9.52 Å². The van der Waals surface area contributed by atoms with Crippen LogP contribution in [0, 0.1) is 5.82 Å². The Morgan fingerprint density at radius 3 is 2.39 bits per heavy atom. The predicted molar refractivity (Wildman–Crippen MR) is 134 cm³/mol. The molecule has 1 saturated heterocycles. The minimum Gasteiger partial charge on any atom is -0.507 e. The van der Waals surface area contributed by atoms with Crippen molar-refractivity contribution in [2.75, 3.05) is 12.0 Å². The monoisotopic (exact) mass is 522 g/mol. The summed E-state index contributed by atoms with van der Waals surface area (Å²) in [7, 11) is 1.26. The molecule has 1 aromatic heterocycles. The van der Waals surface area contributed by atoms with Crippen LogP contribution < -0.4 is 4.90 Å². The van der Waals surface area contributed by atoms with E-state index in [9.17, 15) is 23.9 Å². The normalized spacial score (nSPS) is 17.1. The number of aromatic nitrogens is 1. The zero-order chi connectivity index (χ0) is 25.6. The fourth-order valence-electron chi connectivity index (χ4n) is 4.02. The summed E-state index contributed by atoms with van der Waals surface area (Å²) in [5, 5.41) is 11.7. The van der Waals surface area contributed by atoms with Crippen LogP contribution in [-0.4, -0.2) is 34.9 Å². The number of thiazole rings is 1. The van der Waals surface area contributed by atoms with Crippen LogP contribution in [0.15, 0.2) is 72.3 Å². The topological polar surface area (TPSA) is 96.8 Å². The highest BCUT2D eigenvalue weighted by Crippen LogP contribution is 2.44. The quantitative estimate of drug-likeness (QED) is 0.164. The van der Waals surface area contributed by atoms with Crippen molar-refractivity contribution in [3.63, 3.8) is 0 Å². The van der Waals surface area contributed by atoms with Crippen LogP contribution >= 0.6 is 22.9 Å². The number of hydrogen-bond acceptors (Lipinski definition) is 7. The minimum atomic E-state index is -1.06. The Morgan fingerprint density at radius 1 is 1.06 bits per heavy atom. The number of amides is 1. The molecule has 0 unspecified atom stereocenters. The molecule has 0 bridgehead atoms. The summed E-state index contributed by atoms with van der Waals surface area (Å²) >= 11 is 7.00. The van der Waals surface area contributed by atoms with Crippen molar-refractivity contribution in [2.45, 2.75) is 6.04 Å². The van der Waals surface area contributed by atoms with Crippen molar-refractivity contribution in [1.82, 2.24) is 4.98 Å². The first kappa shape index (κ1) is 23.7. The molecular weight excluding hydrogens is 507 g/mol. The first-order chi connectivity index (χ1) is 17.3. The zero-order valence-corrected chi connectivity index (χ0v) is 20.1. The molecule has 0 spiro atoms. The number of anilines is 1. The lowest BCUT2D eigenvalue weighted by Gasteiger charge is -2.23. The summed E-state index contributed by atoms with van der Waals surface area (Å²) in [5.41, 5.74) is 1.31. The van der Waals surface area contributed by atoms with Crippen LogP contribution in [-0.2, 0) is 14.3 Å². The van der Waals surface area contributed by atoms with Gasteiger partial charge in [0.1, 0.15) is 11.6 Å². The van der Waals surface area contributed by atoms with Crippen molar-refractivity contribution in [1.29, 1.82) is 0 Å². The number of fused-ring (bicyclic) bond motifs is 1. The van der Waals surface area contributed by atoms with Gasteiger partial charge in [0, 0.05) is 10.6 Å². The summed E-state index contributed by atoms with van der Waals surface area (Å²) in [5.74, 6) is -3.20. The molecule has 180 valence electrons. The third-order valence-corrected chi connectivity index (χ3v) is 7.02. The molecule has 1 aliphatic heterocycles. The molecular formula is C26H16ClFN2O5S. The van der Waals surface area contributed by atoms with E-state index in [1.165, 1.54) is 54.5 Å². The molecule has 1 fully saturated rings. The number of aliphatic hydroxyl groups is 1. The van der Waals surface area contributed by atoms with E-state index in [2.05, 4.69) is 4.98 Å². The third kappa shape index (κ3) is 4.02. The second kappa shape index (κ2) is 9.18. The van der Waals surface area contributed by atoms with Gasteiger partial charge in [0.25, 0.3) is 5.78 Å². The van der Waals surface area contributed by atoms with Gasteiger partial charge >= 0.3 is 11.9 Å². The highest BCUT2D eigenvalue weighted by atomic mass is 35.5. The van der Waals surface area contributed by atoms with Gasteiger partial charge in [-0.15, -0.1) is 0 Å². The molecule has 2 heterocycles. The van der Waals surface area contributed by atoms with Gasteiger partial charge in [-0.2, -0.15) is 0 Å². The van der Waals surface area contributed by atoms with Crippen LogP contribution in [0.3, 0.4) is 0 Å². The van der Waals surface area contributed by atoms with Gasteiger partial charge in [0.2, 0.25) is 0 Å². The Bertz CT molecular complexity index is 1560. The number of halogens is 2. The van der Waals surface area contributed by atoms with E-state index in [4.69, 9.17) is 16.3 Å². The van der Waals surface area contributed by atoms with Crippen molar-refractivity contribution >= 4 is 61.7 Å². The first-order valence-electron chi connectivity index (χ1n) is 10.6. The van der Waals surface area contributed by atoms with Crippen molar-refractivity contribution in [3.8, 4) is 0 Å². The van der Waals surface area contributed by atoms with Gasteiger partial charge in [-0.25, -0.2) is 14.2 Å². The molecule has 3 aromatic carbocycles. The van der Waals surface area contributed by atoms with Crippen LogP contribution in [0.1, 0.15) is 27.5 Å². The maximum atomic E-state index is 13.8. The Balaban J connectivity index is 1.70. The molecule has 4 aromatic rings. The fourth-order valence-corrected chi connectivity index (χ4v) is 5.16. The standard InChI is InChI=1S/C26H16ClFN2O5S/c1-35-25(34)15-4-2-13(3-5-15)21-20(22(31)14-6-8-16(27)9-7-14)23(32)24(33)30(21)26-29-18-11-10-17(28)12-19(18)36-26/h2-12,21,31H,1H3/t21-/m0/s1. The van der Waals surface area contributed by atoms with Gasteiger partial charge in [-0.3, -0.25) is 14.5 Å². The van der Waals surface area contributed by atoms with Gasteiger partial charge in [-0.1, -0.05) is 35.1 Å². The molecule has 1 atom stereocenters. The van der Waals surface area contributed by atoms with Crippen LogP contribution in [0.5, 0.6) is 0 Å². The molecule has 1 N–H and O–H groups in total. The molecule has 0 radical (unpaired) electrons. The number of aliphatic hydroxyl groups excluding tert-OH is 1. The van der Waals surface area contributed by atoms with Gasteiger partial charge in [-0.05, 0) is 60.2 Å². The lowest BCUT2D eigenvalue weighted by Crippen LogP contribution is -2.29. The summed E-state index contributed by atoms with van der Waals surface area (Å²) in [6.07, 6.45) is 0. The number of ketones is 1. The second-order valence-electron chi connectivity index (χ2n) is 7.90. The Kier molecular flexibility index (Phi) is 6.03. The number of Topliss-reactive ketones (excluding diaryl/α,β-unsaturated/α-hetero) is 1. The summed E-state index contributed by atoms with van der Waals surface area (Å²) in [4.78, 5) is 44.1. The summed E-state index contributed by atoms with van der Waals surface area (Å²) in [6, 6.07) is 15.3. The maximum Gasteiger partial charge on any atom is 0.337 e. The van der Waals surface area contributed by atoms with E-state index in [0.717, 1.165) is 11.3 Å². The average molecular weight is 523 g/mol. The third-order valence-electron chi connectivity index (χ3n) is 5.75. The molecule has 0 saturated carbocycles. The number of methoxy groups -OCH3 is 1. The number of carbonyl (C=O) groups is 3. The predicted octanol–water partition coefficient (Wildman–Crippen LogP) is 5.50. The zero-order valence-electron chi connectivity index (χ0n) is 18.6. The van der Waals surface area contributed by atoms with Crippen LogP contribution in [0.2, 0.25) is 5.02 Å². The second-order valence-corrected chi connectivity index (χ2v) is 9.34. The largest absolute Gasteiger partial charge is 0.507 e. The van der Waals surface area contributed by atoms with E-state index in [1.807, 2.05) is 0 Å². The Labute approximate surface area is 213 Å². The fraction of sp³-hybridized carbons (Fsp3) is 0.0769. The SMILES string of the molecule is COC(=O)c1ccc([C@H]2C(=C(O)c3ccc(Cl)cc3)C(=O)C(=O)N2c2nc3ccc(F)cc3s2)cc1. The number of carbonyl (C=O) groups excluding carboxylic acids is 3. The number of nitrogens with zero attached hydrogens (tertiary/aromatic N) is 2. The highest BCUT2D eigenvalue weighted by molar-refractivity contribution is 7.22. The summed E-state index contributed by atoms with van der Waals surface area (Å²) < 4.78 is 19.0. The molecule has 10 heteroatoms. The van der Waals surface area contributed by atoms with Crippen LogP contribution in [0.25, 0.3) is 16.0 Å². The van der Waals surface area contributed by atoms with Crippen molar-refractivity contribution in [2.24, 2.45) is 0 Å². The van der Waals surface area contributed by atoms with Gasteiger partial charge < -0.3 is 9.84 Å². The number of esters is 1. The van der Waals surface area contributed by atoms with Gasteiger partial charge in [0.15, 0.2) is 5.13 Å². The molecule has 1 amide bonds. The number of benzene rings is 3. The van der Waals surface area contributed by atoms with E-state index >= 15 is 0 Å². The minimum absolute atomic E-state index is 0.154. The average Bonchev–Trinajstić information content (AvgIpc) is 3.41. The van der Waals surface area contributed by atoms with E-state index in [0.29, 0.717) is 26.4 Å². The Hall–Kier alpha value is -4.08. The Morgan fingerprint density at radius 2 is 1.72 bits per heavy atom. The lowest BCUT2D eigenvalue weighted by molar-refractivity contribution is -0.132. The van der Waals surface area contributed by atoms with E-state index in [1.54, 1.807) is 24.3 Å². The molecule has 0 aliphatic carbocycles. The van der Waals surface area contributed by atoms with E-state index in [-0.39, 0.29) is 22.0 Å². The number of rotatable bonds is 4. The molecule has 7 nitrogen and oxygen atoms in total.